The van der Waals surface area contributed by atoms with E-state index in [0.29, 0.717) is 5.92 Å². The molecule has 0 atom stereocenters. The number of rotatable bonds is 5. The first-order valence-corrected chi connectivity index (χ1v) is 10.7. The van der Waals surface area contributed by atoms with Gasteiger partial charge in [0.05, 0.1) is 11.0 Å². The van der Waals surface area contributed by atoms with Gasteiger partial charge in [-0.25, -0.2) is 4.98 Å². The molecule has 1 saturated heterocycles. The van der Waals surface area contributed by atoms with Crippen molar-refractivity contribution in [2.24, 2.45) is 0 Å². The van der Waals surface area contributed by atoms with Crippen LogP contribution in [0.2, 0.25) is 0 Å². The summed E-state index contributed by atoms with van der Waals surface area (Å²) in [5, 5.41) is 0. The van der Waals surface area contributed by atoms with Crippen molar-refractivity contribution in [3.63, 3.8) is 0 Å². The van der Waals surface area contributed by atoms with Gasteiger partial charge < -0.3 is 9.72 Å². The fraction of sp³-hybridized carbons (Fsp3) is 0.269. The molecular formula is C26H27N3O. The molecule has 0 unspecified atom stereocenters. The number of nitrogens with zero attached hydrogens (tertiary/aromatic N) is 2. The van der Waals surface area contributed by atoms with Crippen LogP contribution < -0.4 is 4.74 Å². The molecular weight excluding hydrogens is 370 g/mol. The van der Waals surface area contributed by atoms with Gasteiger partial charge in [-0.05, 0) is 74.8 Å². The molecule has 0 saturated carbocycles. The fourth-order valence-electron chi connectivity index (χ4n) is 4.19. The third-order valence-electron chi connectivity index (χ3n) is 5.97. The van der Waals surface area contributed by atoms with Crippen molar-refractivity contribution < 1.29 is 4.74 Å². The fourth-order valence-corrected chi connectivity index (χ4v) is 4.19. The average Bonchev–Trinajstić information content (AvgIpc) is 3.22. The van der Waals surface area contributed by atoms with E-state index in [0.717, 1.165) is 60.8 Å². The van der Waals surface area contributed by atoms with Gasteiger partial charge >= 0.3 is 0 Å². The maximum atomic E-state index is 5.94. The molecule has 5 rings (SSSR count). The molecule has 0 spiro atoms. The molecule has 30 heavy (non-hydrogen) atoms. The van der Waals surface area contributed by atoms with Crippen molar-refractivity contribution in [2.45, 2.75) is 32.2 Å². The van der Waals surface area contributed by atoms with Crippen LogP contribution in [-0.4, -0.2) is 28.0 Å². The topological polar surface area (TPSA) is 41.1 Å². The molecule has 1 N–H and O–H groups in total. The van der Waals surface area contributed by atoms with Crippen LogP contribution in [0.1, 0.15) is 35.7 Å². The summed E-state index contributed by atoms with van der Waals surface area (Å²) in [6.07, 6.45) is 2.29. The average molecular weight is 398 g/mol. The normalized spacial score (nSPS) is 15.5. The molecule has 0 radical (unpaired) electrons. The van der Waals surface area contributed by atoms with E-state index in [1.165, 1.54) is 11.1 Å². The lowest BCUT2D eigenvalue weighted by atomic mass is 9.96. The number of piperidine rings is 1. The van der Waals surface area contributed by atoms with Crippen LogP contribution >= 0.6 is 0 Å². The quantitative estimate of drug-likeness (QED) is 0.446. The monoisotopic (exact) mass is 397 g/mol. The van der Waals surface area contributed by atoms with E-state index in [4.69, 9.17) is 9.72 Å². The molecule has 1 aromatic heterocycles. The summed E-state index contributed by atoms with van der Waals surface area (Å²) in [6, 6.07) is 24.9. The van der Waals surface area contributed by atoms with Crippen molar-refractivity contribution in [2.75, 3.05) is 13.1 Å². The number of aromatic nitrogens is 2. The van der Waals surface area contributed by atoms with Crippen LogP contribution in [0.5, 0.6) is 11.5 Å². The number of likely N-dealkylation sites (tertiary alicyclic amines) is 1. The number of nitrogens with one attached hydrogen (secondary N) is 1. The number of fused-ring (bicyclic) bond motifs is 1. The predicted molar refractivity (Wildman–Crippen MR) is 121 cm³/mol. The van der Waals surface area contributed by atoms with E-state index < -0.39 is 0 Å². The van der Waals surface area contributed by atoms with Crippen LogP contribution in [0.15, 0.2) is 72.8 Å². The Morgan fingerprint density at radius 2 is 1.57 bits per heavy atom. The van der Waals surface area contributed by atoms with E-state index in [1.807, 2.05) is 18.2 Å². The highest BCUT2D eigenvalue weighted by molar-refractivity contribution is 5.74. The van der Waals surface area contributed by atoms with Crippen LogP contribution in [0, 0.1) is 6.92 Å². The lowest BCUT2D eigenvalue weighted by Gasteiger charge is -2.31. The third kappa shape index (κ3) is 4.24. The Hall–Kier alpha value is -3.11. The molecule has 4 nitrogen and oxygen atoms in total. The first kappa shape index (κ1) is 18.9. The number of hydrogen-bond acceptors (Lipinski definition) is 3. The Kier molecular flexibility index (Phi) is 5.24. The Labute approximate surface area is 177 Å². The Morgan fingerprint density at radius 1 is 0.900 bits per heavy atom. The zero-order valence-corrected chi connectivity index (χ0v) is 17.3. The summed E-state index contributed by atoms with van der Waals surface area (Å²) in [4.78, 5) is 10.9. The smallest absolute Gasteiger partial charge is 0.127 e. The summed E-state index contributed by atoms with van der Waals surface area (Å²) in [6.45, 7) is 5.27. The van der Waals surface area contributed by atoms with Crippen molar-refractivity contribution in [3.8, 4) is 11.5 Å². The number of aromatic amines is 1. The molecule has 1 aliphatic rings. The molecule has 152 valence electrons. The number of aryl methyl sites for hydroxylation is 1. The lowest BCUT2D eigenvalue weighted by molar-refractivity contribution is 0.202. The largest absolute Gasteiger partial charge is 0.457 e. The van der Waals surface area contributed by atoms with Gasteiger partial charge in [0.15, 0.2) is 0 Å². The van der Waals surface area contributed by atoms with E-state index >= 15 is 0 Å². The second kappa shape index (κ2) is 8.33. The van der Waals surface area contributed by atoms with Gasteiger partial charge in [-0.2, -0.15) is 0 Å². The number of hydrogen-bond donors (Lipinski definition) is 1. The molecule has 3 aromatic carbocycles. The molecule has 1 aliphatic heterocycles. The standard InChI is InChI=1S/C26H27N3O/c1-19-6-10-22(11-7-19)30-23-12-8-20(9-13-23)18-29-16-14-21(15-17-29)26-27-24-4-2-3-5-25(24)28-26/h2-13,21H,14-18H2,1H3,(H,27,28). The molecule has 0 amide bonds. The SMILES string of the molecule is Cc1ccc(Oc2ccc(CN3CCC(c4nc5ccccc5[nH]4)CC3)cc2)cc1. The van der Waals surface area contributed by atoms with Gasteiger partial charge in [0.2, 0.25) is 0 Å². The van der Waals surface area contributed by atoms with Crippen molar-refractivity contribution in [1.29, 1.82) is 0 Å². The highest BCUT2D eigenvalue weighted by Gasteiger charge is 2.23. The maximum Gasteiger partial charge on any atom is 0.127 e. The number of para-hydroxylation sites is 2. The summed E-state index contributed by atoms with van der Waals surface area (Å²) in [7, 11) is 0. The van der Waals surface area contributed by atoms with Crippen LogP contribution in [0.4, 0.5) is 0 Å². The number of ether oxygens (including phenoxy) is 1. The maximum absolute atomic E-state index is 5.94. The van der Waals surface area contributed by atoms with Gasteiger partial charge in [-0.1, -0.05) is 42.0 Å². The van der Waals surface area contributed by atoms with Crippen molar-refractivity contribution >= 4 is 11.0 Å². The molecule has 4 aromatic rings. The third-order valence-corrected chi connectivity index (χ3v) is 5.97. The van der Waals surface area contributed by atoms with Crippen LogP contribution in [0.25, 0.3) is 11.0 Å². The predicted octanol–water partition coefficient (Wildman–Crippen LogP) is 6.04. The molecule has 0 bridgehead atoms. The lowest BCUT2D eigenvalue weighted by Crippen LogP contribution is -2.32. The minimum Gasteiger partial charge on any atom is -0.457 e. The molecule has 4 heteroatoms. The van der Waals surface area contributed by atoms with E-state index in [1.54, 1.807) is 0 Å². The van der Waals surface area contributed by atoms with Gasteiger partial charge in [0, 0.05) is 12.5 Å². The zero-order valence-electron chi connectivity index (χ0n) is 17.3. The van der Waals surface area contributed by atoms with E-state index in [9.17, 15) is 0 Å². The minimum atomic E-state index is 0.527. The van der Waals surface area contributed by atoms with Crippen molar-refractivity contribution in [1.82, 2.24) is 14.9 Å². The van der Waals surface area contributed by atoms with Crippen LogP contribution in [-0.2, 0) is 6.54 Å². The summed E-state index contributed by atoms with van der Waals surface area (Å²) in [5.41, 5.74) is 4.78. The first-order valence-electron chi connectivity index (χ1n) is 10.7. The van der Waals surface area contributed by atoms with Crippen molar-refractivity contribution in [3.05, 3.63) is 89.7 Å². The zero-order chi connectivity index (χ0) is 20.3. The number of H-pyrrole nitrogens is 1. The van der Waals surface area contributed by atoms with E-state index in [-0.39, 0.29) is 0 Å². The molecule has 1 fully saturated rings. The Bertz CT molecular complexity index is 1070. The van der Waals surface area contributed by atoms with E-state index in [2.05, 4.69) is 71.4 Å². The van der Waals surface area contributed by atoms with Gasteiger partial charge in [-0.3, -0.25) is 4.90 Å². The Balaban J connectivity index is 1.15. The minimum absolute atomic E-state index is 0.527. The number of imidazole rings is 1. The molecule has 0 aliphatic carbocycles. The second-order valence-electron chi connectivity index (χ2n) is 8.25. The van der Waals surface area contributed by atoms with Gasteiger partial charge in [-0.15, -0.1) is 0 Å². The second-order valence-corrected chi connectivity index (χ2v) is 8.25. The highest BCUT2D eigenvalue weighted by atomic mass is 16.5. The highest BCUT2D eigenvalue weighted by Crippen LogP contribution is 2.29. The Morgan fingerprint density at radius 3 is 2.27 bits per heavy atom. The summed E-state index contributed by atoms with van der Waals surface area (Å²) >= 11 is 0. The first-order chi connectivity index (χ1) is 14.7. The van der Waals surface area contributed by atoms with Gasteiger partial charge in [0.1, 0.15) is 17.3 Å². The summed E-state index contributed by atoms with van der Waals surface area (Å²) < 4.78 is 5.94. The number of benzene rings is 3. The van der Waals surface area contributed by atoms with Crippen LogP contribution in [0.3, 0.4) is 0 Å². The van der Waals surface area contributed by atoms with Gasteiger partial charge in [0.25, 0.3) is 0 Å². The summed E-state index contributed by atoms with van der Waals surface area (Å²) in [5.74, 6) is 3.43. The molecule has 2 heterocycles.